The van der Waals surface area contributed by atoms with Crippen LogP contribution in [-0.4, -0.2) is 20.7 Å². The Balaban J connectivity index is 2.27. The van der Waals surface area contributed by atoms with Crippen LogP contribution in [0.1, 0.15) is 21.7 Å². The average Bonchev–Trinajstić information content (AvgIpc) is 2.95. The normalized spacial score (nSPS) is 10.7. The number of aryl methyl sites for hydroxylation is 1. The molecule has 0 aliphatic heterocycles. The molecule has 1 heterocycles. The van der Waals surface area contributed by atoms with Gasteiger partial charge in [0.1, 0.15) is 0 Å². The Hall–Kier alpha value is -2.66. The van der Waals surface area contributed by atoms with Crippen molar-refractivity contribution in [2.24, 2.45) is 5.73 Å². The second-order valence-electron chi connectivity index (χ2n) is 5.26. The zero-order chi connectivity index (χ0) is 16.6. The summed E-state index contributed by atoms with van der Waals surface area (Å²) in [6, 6.07) is 13.1. The number of amides is 1. The summed E-state index contributed by atoms with van der Waals surface area (Å²) < 4.78 is 1.63. The molecule has 116 valence electrons. The van der Waals surface area contributed by atoms with Gasteiger partial charge in [0, 0.05) is 10.6 Å². The molecule has 0 atom stereocenters. The number of nitrogens with zero attached hydrogens (tertiary/aromatic N) is 3. The van der Waals surface area contributed by atoms with Crippen LogP contribution in [0.15, 0.2) is 42.5 Å². The van der Waals surface area contributed by atoms with Gasteiger partial charge >= 0.3 is 0 Å². The van der Waals surface area contributed by atoms with Gasteiger partial charge < -0.3 is 5.73 Å². The van der Waals surface area contributed by atoms with Crippen LogP contribution in [0.5, 0.6) is 0 Å². The summed E-state index contributed by atoms with van der Waals surface area (Å²) in [5, 5.41) is 4.86. The van der Waals surface area contributed by atoms with E-state index in [-0.39, 0.29) is 5.82 Å². The summed E-state index contributed by atoms with van der Waals surface area (Å²) in [4.78, 5) is 15.8. The molecule has 2 aromatic carbocycles. The van der Waals surface area contributed by atoms with Crippen molar-refractivity contribution in [3.05, 3.63) is 64.4 Å². The molecule has 0 saturated heterocycles. The molecule has 6 heteroatoms. The first-order chi connectivity index (χ1) is 11.0. The SMILES string of the molecule is Cc1cccc(-n2nc(C(N)=O)nc2-c2cccc(Cl)c2)c1C. The summed E-state index contributed by atoms with van der Waals surface area (Å²) in [6.45, 7) is 4.02. The number of halogens is 1. The number of primary amides is 1. The first kappa shape index (κ1) is 15.2. The molecule has 0 bridgehead atoms. The van der Waals surface area contributed by atoms with Crippen LogP contribution in [0.2, 0.25) is 5.02 Å². The fourth-order valence-electron chi connectivity index (χ4n) is 2.36. The predicted octanol–water partition coefficient (Wildman–Crippen LogP) is 3.30. The maximum absolute atomic E-state index is 11.5. The van der Waals surface area contributed by atoms with Crippen LogP contribution in [0.25, 0.3) is 17.1 Å². The number of nitrogens with two attached hydrogens (primary N) is 1. The average molecular weight is 327 g/mol. The standard InChI is InChI=1S/C17H15ClN4O/c1-10-5-3-8-14(11(10)2)22-17(20-16(21-22)15(19)23)12-6-4-7-13(18)9-12/h3-9H,1-2H3,(H2,19,23). The Morgan fingerprint density at radius 1 is 1.17 bits per heavy atom. The van der Waals surface area contributed by atoms with Crippen molar-refractivity contribution < 1.29 is 4.79 Å². The molecule has 0 unspecified atom stereocenters. The Morgan fingerprint density at radius 2 is 1.91 bits per heavy atom. The predicted molar refractivity (Wildman–Crippen MR) is 89.8 cm³/mol. The summed E-state index contributed by atoms with van der Waals surface area (Å²) in [7, 11) is 0. The molecular weight excluding hydrogens is 312 g/mol. The van der Waals surface area contributed by atoms with E-state index in [9.17, 15) is 4.79 Å². The second kappa shape index (κ2) is 5.85. The lowest BCUT2D eigenvalue weighted by Crippen LogP contribution is -2.13. The summed E-state index contributed by atoms with van der Waals surface area (Å²) >= 11 is 6.07. The quantitative estimate of drug-likeness (QED) is 0.802. The van der Waals surface area contributed by atoms with Gasteiger partial charge in [-0.1, -0.05) is 35.9 Å². The Labute approximate surface area is 138 Å². The van der Waals surface area contributed by atoms with E-state index < -0.39 is 5.91 Å². The molecule has 0 aliphatic rings. The lowest BCUT2D eigenvalue weighted by molar-refractivity contribution is 0.0990. The van der Waals surface area contributed by atoms with Crippen molar-refractivity contribution in [2.45, 2.75) is 13.8 Å². The van der Waals surface area contributed by atoms with Crippen molar-refractivity contribution in [1.82, 2.24) is 14.8 Å². The van der Waals surface area contributed by atoms with E-state index in [0.29, 0.717) is 10.8 Å². The van der Waals surface area contributed by atoms with Gasteiger partial charge in [-0.25, -0.2) is 9.67 Å². The highest BCUT2D eigenvalue weighted by Crippen LogP contribution is 2.26. The topological polar surface area (TPSA) is 73.8 Å². The molecule has 3 aromatic rings. The van der Waals surface area contributed by atoms with Crippen molar-refractivity contribution in [1.29, 1.82) is 0 Å². The first-order valence-corrected chi connectivity index (χ1v) is 7.44. The van der Waals surface area contributed by atoms with E-state index in [4.69, 9.17) is 17.3 Å². The third kappa shape index (κ3) is 2.83. The minimum absolute atomic E-state index is 0.0270. The number of carbonyl (C=O) groups excluding carboxylic acids is 1. The van der Waals surface area contributed by atoms with Crippen LogP contribution < -0.4 is 5.73 Å². The van der Waals surface area contributed by atoms with Crippen molar-refractivity contribution >= 4 is 17.5 Å². The molecule has 3 rings (SSSR count). The van der Waals surface area contributed by atoms with Gasteiger partial charge in [-0.05, 0) is 43.2 Å². The van der Waals surface area contributed by atoms with Gasteiger partial charge in [-0.3, -0.25) is 4.79 Å². The number of hydrogen-bond acceptors (Lipinski definition) is 3. The molecule has 5 nitrogen and oxygen atoms in total. The van der Waals surface area contributed by atoms with Crippen molar-refractivity contribution in [3.63, 3.8) is 0 Å². The van der Waals surface area contributed by atoms with E-state index in [0.717, 1.165) is 22.4 Å². The molecule has 0 radical (unpaired) electrons. The smallest absolute Gasteiger partial charge is 0.288 e. The van der Waals surface area contributed by atoms with Gasteiger partial charge in [0.2, 0.25) is 5.82 Å². The highest BCUT2D eigenvalue weighted by Gasteiger charge is 2.18. The largest absolute Gasteiger partial charge is 0.363 e. The highest BCUT2D eigenvalue weighted by molar-refractivity contribution is 6.30. The first-order valence-electron chi connectivity index (χ1n) is 7.07. The fraction of sp³-hybridized carbons (Fsp3) is 0.118. The molecule has 0 spiro atoms. The Bertz CT molecular complexity index is 901. The fourth-order valence-corrected chi connectivity index (χ4v) is 2.55. The number of aromatic nitrogens is 3. The van der Waals surface area contributed by atoms with Gasteiger partial charge in [0.25, 0.3) is 5.91 Å². The van der Waals surface area contributed by atoms with Gasteiger partial charge in [0.05, 0.1) is 5.69 Å². The number of hydrogen-bond donors (Lipinski definition) is 1. The number of carbonyl (C=O) groups is 1. The van der Waals surface area contributed by atoms with Gasteiger partial charge in [-0.15, -0.1) is 5.10 Å². The lowest BCUT2D eigenvalue weighted by atomic mass is 10.1. The lowest BCUT2D eigenvalue weighted by Gasteiger charge is -2.11. The zero-order valence-electron chi connectivity index (χ0n) is 12.7. The minimum atomic E-state index is -0.669. The minimum Gasteiger partial charge on any atom is -0.363 e. The number of benzene rings is 2. The second-order valence-corrected chi connectivity index (χ2v) is 5.70. The van der Waals surface area contributed by atoms with Crippen LogP contribution in [0.3, 0.4) is 0 Å². The van der Waals surface area contributed by atoms with E-state index in [1.807, 2.05) is 44.2 Å². The summed E-state index contributed by atoms with van der Waals surface area (Å²) in [6.07, 6.45) is 0. The molecule has 2 N–H and O–H groups in total. The Morgan fingerprint density at radius 3 is 2.61 bits per heavy atom. The zero-order valence-corrected chi connectivity index (χ0v) is 13.5. The molecule has 0 aliphatic carbocycles. The Kier molecular flexibility index (Phi) is 3.88. The third-order valence-electron chi connectivity index (χ3n) is 3.71. The highest BCUT2D eigenvalue weighted by atomic mass is 35.5. The van der Waals surface area contributed by atoms with E-state index in [1.54, 1.807) is 16.8 Å². The molecule has 0 fully saturated rings. The van der Waals surface area contributed by atoms with Crippen molar-refractivity contribution in [2.75, 3.05) is 0 Å². The molecule has 0 saturated carbocycles. The van der Waals surface area contributed by atoms with Crippen LogP contribution in [0, 0.1) is 13.8 Å². The maximum Gasteiger partial charge on any atom is 0.288 e. The van der Waals surface area contributed by atoms with E-state index >= 15 is 0 Å². The number of rotatable bonds is 3. The van der Waals surface area contributed by atoms with Crippen LogP contribution >= 0.6 is 11.6 Å². The molecular formula is C17H15ClN4O. The molecule has 1 amide bonds. The van der Waals surface area contributed by atoms with E-state index in [2.05, 4.69) is 10.1 Å². The third-order valence-corrected chi connectivity index (χ3v) is 3.95. The monoisotopic (exact) mass is 326 g/mol. The summed E-state index contributed by atoms with van der Waals surface area (Å²) in [5.74, 6) is -0.173. The molecule has 1 aromatic heterocycles. The van der Waals surface area contributed by atoms with Gasteiger partial charge in [0.15, 0.2) is 5.82 Å². The van der Waals surface area contributed by atoms with Crippen molar-refractivity contribution in [3.8, 4) is 17.1 Å². The van der Waals surface area contributed by atoms with E-state index in [1.165, 1.54) is 0 Å². The molecule has 23 heavy (non-hydrogen) atoms. The van der Waals surface area contributed by atoms with Gasteiger partial charge in [-0.2, -0.15) is 0 Å². The summed E-state index contributed by atoms with van der Waals surface area (Å²) in [5.41, 5.74) is 9.13. The maximum atomic E-state index is 11.5. The van der Waals surface area contributed by atoms with Crippen LogP contribution in [-0.2, 0) is 0 Å². The van der Waals surface area contributed by atoms with Crippen LogP contribution in [0.4, 0.5) is 0 Å².